The predicted molar refractivity (Wildman–Crippen MR) is 149 cm³/mol. The normalized spacial score (nSPS) is 17.2. The van der Waals surface area contributed by atoms with Crippen molar-refractivity contribution in [3.8, 4) is 0 Å². The summed E-state index contributed by atoms with van der Waals surface area (Å²) in [4.78, 5) is 36.0. The molecule has 2 aliphatic heterocycles. The van der Waals surface area contributed by atoms with Crippen molar-refractivity contribution in [2.45, 2.75) is 25.4 Å². The molecule has 2 saturated heterocycles. The van der Waals surface area contributed by atoms with Crippen LogP contribution >= 0.6 is 11.3 Å². The Labute approximate surface area is 235 Å². The molecule has 1 N–H and O–H groups in total. The number of thiazole rings is 1. The van der Waals surface area contributed by atoms with E-state index in [0.717, 1.165) is 55.8 Å². The van der Waals surface area contributed by atoms with Gasteiger partial charge >= 0.3 is 6.18 Å². The molecule has 1 aromatic heterocycles. The molecule has 3 heterocycles. The number of piperidine rings is 1. The SMILES string of the molecule is O=C(CN1CCN(C(=O)c2csc(Nc3cccc(C(F)(F)F)c3)n2)CC1)N1CCC(Cc2ccccc2)CC1. The van der Waals surface area contributed by atoms with Crippen LogP contribution in [0.25, 0.3) is 0 Å². The van der Waals surface area contributed by atoms with Gasteiger partial charge in [-0.25, -0.2) is 4.98 Å². The lowest BCUT2D eigenvalue weighted by molar-refractivity contribution is -0.137. The zero-order valence-corrected chi connectivity index (χ0v) is 22.9. The summed E-state index contributed by atoms with van der Waals surface area (Å²) in [6, 6.07) is 15.3. The summed E-state index contributed by atoms with van der Waals surface area (Å²) in [5.74, 6) is 0.523. The monoisotopic (exact) mass is 571 g/mol. The summed E-state index contributed by atoms with van der Waals surface area (Å²) < 4.78 is 38.9. The van der Waals surface area contributed by atoms with E-state index in [2.05, 4.69) is 39.5 Å². The van der Waals surface area contributed by atoms with Gasteiger partial charge in [-0.05, 0) is 48.9 Å². The Balaban J connectivity index is 1.05. The quantitative estimate of drug-likeness (QED) is 0.425. The van der Waals surface area contributed by atoms with Crippen LogP contribution in [-0.2, 0) is 17.4 Å². The minimum atomic E-state index is -4.44. The zero-order chi connectivity index (χ0) is 28.1. The van der Waals surface area contributed by atoms with Crippen LogP contribution in [0, 0.1) is 5.92 Å². The first-order valence-electron chi connectivity index (χ1n) is 13.5. The molecule has 0 spiro atoms. The number of carbonyl (C=O) groups excluding carboxylic acids is 2. The topological polar surface area (TPSA) is 68.8 Å². The number of nitrogens with one attached hydrogen (secondary N) is 1. The summed E-state index contributed by atoms with van der Waals surface area (Å²) in [6.07, 6.45) is -1.35. The number of anilines is 2. The van der Waals surface area contributed by atoms with E-state index in [1.165, 1.54) is 17.7 Å². The van der Waals surface area contributed by atoms with Gasteiger partial charge in [0, 0.05) is 50.3 Å². The first-order valence-corrected chi connectivity index (χ1v) is 14.4. The summed E-state index contributed by atoms with van der Waals surface area (Å²) in [5, 5.41) is 4.81. The number of aromatic nitrogens is 1. The molecular formula is C29H32F3N5O2S. The first-order chi connectivity index (χ1) is 19.2. The number of piperazine rings is 1. The molecule has 0 aliphatic carbocycles. The lowest BCUT2D eigenvalue weighted by Crippen LogP contribution is -2.52. The van der Waals surface area contributed by atoms with Crippen molar-refractivity contribution in [2.75, 3.05) is 51.1 Å². The summed E-state index contributed by atoms with van der Waals surface area (Å²) >= 11 is 1.16. The van der Waals surface area contributed by atoms with Gasteiger partial charge in [-0.3, -0.25) is 14.5 Å². The van der Waals surface area contributed by atoms with Gasteiger partial charge in [-0.2, -0.15) is 13.2 Å². The van der Waals surface area contributed by atoms with Crippen molar-refractivity contribution in [2.24, 2.45) is 5.92 Å². The maximum Gasteiger partial charge on any atom is 0.416 e. The van der Waals surface area contributed by atoms with Crippen LogP contribution in [0.4, 0.5) is 24.0 Å². The van der Waals surface area contributed by atoms with Gasteiger partial charge in [0.05, 0.1) is 12.1 Å². The lowest BCUT2D eigenvalue weighted by Gasteiger charge is -2.37. The van der Waals surface area contributed by atoms with Crippen LogP contribution in [0.2, 0.25) is 0 Å². The fourth-order valence-corrected chi connectivity index (χ4v) is 5.93. The first kappa shape index (κ1) is 28.1. The van der Waals surface area contributed by atoms with E-state index in [1.807, 2.05) is 11.0 Å². The molecule has 3 aromatic rings. The van der Waals surface area contributed by atoms with Crippen molar-refractivity contribution in [1.29, 1.82) is 0 Å². The number of benzene rings is 2. The predicted octanol–water partition coefficient (Wildman–Crippen LogP) is 5.14. The summed E-state index contributed by atoms with van der Waals surface area (Å²) in [7, 11) is 0. The van der Waals surface area contributed by atoms with Crippen LogP contribution in [0.5, 0.6) is 0 Å². The van der Waals surface area contributed by atoms with Gasteiger partial charge in [-0.15, -0.1) is 11.3 Å². The Kier molecular flexibility index (Phi) is 8.70. The molecule has 0 unspecified atom stereocenters. The highest BCUT2D eigenvalue weighted by molar-refractivity contribution is 7.14. The third-order valence-corrected chi connectivity index (χ3v) is 8.27. The van der Waals surface area contributed by atoms with Crippen LogP contribution in [-0.4, -0.2) is 77.3 Å². The number of likely N-dealkylation sites (tertiary alicyclic amines) is 1. The minimum Gasteiger partial charge on any atom is -0.342 e. The molecule has 0 bridgehead atoms. The van der Waals surface area contributed by atoms with Crippen molar-refractivity contribution in [3.05, 3.63) is 76.8 Å². The number of alkyl halides is 3. The molecule has 5 rings (SSSR count). The number of nitrogens with zero attached hydrogens (tertiary/aromatic N) is 4. The highest BCUT2D eigenvalue weighted by Gasteiger charge is 2.31. The molecule has 2 fully saturated rings. The lowest BCUT2D eigenvalue weighted by atomic mass is 9.90. The summed E-state index contributed by atoms with van der Waals surface area (Å²) in [5.41, 5.74) is 1.10. The third kappa shape index (κ3) is 7.19. The molecular weight excluding hydrogens is 539 g/mol. The van der Waals surface area contributed by atoms with E-state index in [0.29, 0.717) is 43.8 Å². The minimum absolute atomic E-state index is 0.141. The molecule has 7 nitrogen and oxygen atoms in total. The number of halogens is 3. The Hall–Kier alpha value is -3.44. The van der Waals surface area contributed by atoms with E-state index in [-0.39, 0.29) is 23.2 Å². The highest BCUT2D eigenvalue weighted by Crippen LogP contribution is 2.32. The average Bonchev–Trinajstić information content (AvgIpc) is 3.42. The summed E-state index contributed by atoms with van der Waals surface area (Å²) in [6.45, 7) is 4.10. The number of carbonyl (C=O) groups is 2. The Morgan fingerprint density at radius 2 is 1.65 bits per heavy atom. The Bertz CT molecular complexity index is 1300. The van der Waals surface area contributed by atoms with E-state index < -0.39 is 11.7 Å². The van der Waals surface area contributed by atoms with Gasteiger partial charge in [0.1, 0.15) is 5.69 Å². The van der Waals surface area contributed by atoms with Gasteiger partial charge in [0.2, 0.25) is 5.91 Å². The van der Waals surface area contributed by atoms with Crippen LogP contribution < -0.4 is 5.32 Å². The molecule has 0 radical (unpaired) electrons. The van der Waals surface area contributed by atoms with Crippen LogP contribution in [0.15, 0.2) is 60.0 Å². The van der Waals surface area contributed by atoms with Crippen molar-refractivity contribution in [1.82, 2.24) is 19.7 Å². The Morgan fingerprint density at radius 3 is 2.35 bits per heavy atom. The molecule has 2 amide bonds. The highest BCUT2D eigenvalue weighted by atomic mass is 32.1. The maximum atomic E-state index is 13.0. The molecule has 212 valence electrons. The van der Waals surface area contributed by atoms with E-state index in [4.69, 9.17) is 0 Å². The maximum absolute atomic E-state index is 13.0. The van der Waals surface area contributed by atoms with Gasteiger partial charge in [-0.1, -0.05) is 36.4 Å². The third-order valence-electron chi connectivity index (χ3n) is 7.52. The average molecular weight is 572 g/mol. The standard InChI is InChI=1S/C29H32F3N5O2S/c30-29(31,32)23-7-4-8-24(18-23)33-28-34-25(20-40-28)27(39)37-15-13-35(14-16-37)19-26(38)36-11-9-22(10-12-36)17-21-5-2-1-3-6-21/h1-8,18,20,22H,9-17,19H2,(H,33,34). The fraction of sp³-hybridized carbons (Fsp3) is 0.414. The van der Waals surface area contributed by atoms with Gasteiger partial charge in [0.25, 0.3) is 5.91 Å². The smallest absolute Gasteiger partial charge is 0.342 e. The number of hydrogen-bond donors (Lipinski definition) is 1. The molecule has 40 heavy (non-hydrogen) atoms. The van der Waals surface area contributed by atoms with Crippen LogP contribution in [0.3, 0.4) is 0 Å². The van der Waals surface area contributed by atoms with E-state index in [9.17, 15) is 22.8 Å². The van der Waals surface area contributed by atoms with E-state index >= 15 is 0 Å². The largest absolute Gasteiger partial charge is 0.416 e. The van der Waals surface area contributed by atoms with Crippen molar-refractivity contribution in [3.63, 3.8) is 0 Å². The molecule has 11 heteroatoms. The second-order valence-corrected chi connectivity index (χ2v) is 11.2. The van der Waals surface area contributed by atoms with Crippen molar-refractivity contribution >= 4 is 34.0 Å². The Morgan fingerprint density at radius 1 is 0.925 bits per heavy atom. The molecule has 2 aliphatic rings. The zero-order valence-electron chi connectivity index (χ0n) is 22.1. The second kappa shape index (κ2) is 12.4. The van der Waals surface area contributed by atoms with Crippen LogP contribution in [0.1, 0.15) is 34.5 Å². The van der Waals surface area contributed by atoms with Gasteiger partial charge in [0.15, 0.2) is 5.13 Å². The fourth-order valence-electron chi connectivity index (χ4n) is 5.22. The molecule has 0 atom stereocenters. The van der Waals surface area contributed by atoms with E-state index in [1.54, 1.807) is 10.3 Å². The number of rotatable bonds is 7. The van der Waals surface area contributed by atoms with Crippen molar-refractivity contribution < 1.29 is 22.8 Å². The number of amides is 2. The second-order valence-electron chi connectivity index (χ2n) is 10.3. The molecule has 0 saturated carbocycles. The molecule has 2 aromatic carbocycles. The van der Waals surface area contributed by atoms with Gasteiger partial charge < -0.3 is 15.1 Å². The number of hydrogen-bond acceptors (Lipinski definition) is 6.